The molecule has 22 heavy (non-hydrogen) atoms. The smallest absolute Gasteiger partial charge is 0.272 e. The summed E-state index contributed by atoms with van der Waals surface area (Å²) in [7, 11) is 3.84. The Morgan fingerprint density at radius 3 is 2.64 bits per heavy atom. The molecule has 0 aliphatic rings. The van der Waals surface area contributed by atoms with Gasteiger partial charge in [0.2, 0.25) is 0 Å². The number of hydrogen-bond acceptors (Lipinski definition) is 2. The van der Waals surface area contributed by atoms with Crippen molar-refractivity contribution in [3.05, 3.63) is 59.2 Å². The SMILES string of the molecule is CN(C)c1ccc(Cl)cc1NC(=O)c1cc2ccccc2[nH]1. The highest BCUT2D eigenvalue weighted by Gasteiger charge is 2.13. The number of H-pyrrole nitrogens is 1. The zero-order valence-electron chi connectivity index (χ0n) is 12.4. The van der Waals surface area contributed by atoms with E-state index in [0.29, 0.717) is 16.4 Å². The van der Waals surface area contributed by atoms with Crippen LogP contribution in [0.5, 0.6) is 0 Å². The van der Waals surface area contributed by atoms with Gasteiger partial charge in [-0.15, -0.1) is 0 Å². The topological polar surface area (TPSA) is 48.1 Å². The van der Waals surface area contributed by atoms with Crippen LogP contribution >= 0.6 is 11.6 Å². The third kappa shape index (κ3) is 2.78. The zero-order valence-corrected chi connectivity index (χ0v) is 13.1. The van der Waals surface area contributed by atoms with Gasteiger partial charge in [0.25, 0.3) is 5.91 Å². The van der Waals surface area contributed by atoms with Gasteiger partial charge in [0.1, 0.15) is 5.69 Å². The van der Waals surface area contributed by atoms with E-state index in [9.17, 15) is 4.79 Å². The van der Waals surface area contributed by atoms with Gasteiger partial charge in [0.05, 0.1) is 11.4 Å². The van der Waals surface area contributed by atoms with Crippen molar-refractivity contribution in [3.63, 3.8) is 0 Å². The van der Waals surface area contributed by atoms with E-state index in [2.05, 4.69) is 10.3 Å². The Morgan fingerprint density at radius 2 is 1.91 bits per heavy atom. The fourth-order valence-corrected chi connectivity index (χ4v) is 2.56. The van der Waals surface area contributed by atoms with E-state index in [1.165, 1.54) is 0 Å². The maximum atomic E-state index is 12.5. The van der Waals surface area contributed by atoms with Crippen LogP contribution in [0.3, 0.4) is 0 Å². The van der Waals surface area contributed by atoms with Crippen LogP contribution in [-0.4, -0.2) is 25.0 Å². The van der Waals surface area contributed by atoms with Gasteiger partial charge in [-0.1, -0.05) is 29.8 Å². The van der Waals surface area contributed by atoms with Crippen LogP contribution < -0.4 is 10.2 Å². The van der Waals surface area contributed by atoms with E-state index >= 15 is 0 Å². The first-order valence-electron chi connectivity index (χ1n) is 6.90. The van der Waals surface area contributed by atoms with Crippen LogP contribution in [0, 0.1) is 0 Å². The van der Waals surface area contributed by atoms with E-state index in [0.717, 1.165) is 16.6 Å². The van der Waals surface area contributed by atoms with E-state index < -0.39 is 0 Å². The van der Waals surface area contributed by atoms with E-state index in [-0.39, 0.29) is 5.91 Å². The Balaban J connectivity index is 1.92. The third-order valence-electron chi connectivity index (χ3n) is 3.46. The maximum absolute atomic E-state index is 12.5. The molecule has 0 saturated carbocycles. The zero-order chi connectivity index (χ0) is 15.7. The molecular weight excluding hydrogens is 298 g/mol. The first kappa shape index (κ1) is 14.5. The second-order valence-electron chi connectivity index (χ2n) is 5.28. The highest BCUT2D eigenvalue weighted by Crippen LogP contribution is 2.28. The predicted octanol–water partition coefficient (Wildman–Crippen LogP) is 4.14. The molecule has 4 nitrogen and oxygen atoms in total. The van der Waals surface area contributed by atoms with Crippen LogP contribution in [0.15, 0.2) is 48.5 Å². The van der Waals surface area contributed by atoms with Crippen LogP contribution in [0.25, 0.3) is 10.9 Å². The number of aromatic nitrogens is 1. The molecule has 0 unspecified atom stereocenters. The molecule has 0 atom stereocenters. The molecule has 1 aromatic heterocycles. The summed E-state index contributed by atoms with van der Waals surface area (Å²) in [5.41, 5.74) is 3.03. The van der Waals surface area contributed by atoms with Gasteiger partial charge in [0, 0.05) is 30.0 Å². The number of aromatic amines is 1. The number of halogens is 1. The largest absolute Gasteiger partial charge is 0.376 e. The van der Waals surface area contributed by atoms with Crippen molar-refractivity contribution in [2.24, 2.45) is 0 Å². The normalized spacial score (nSPS) is 10.7. The van der Waals surface area contributed by atoms with Crippen LogP contribution in [0.1, 0.15) is 10.5 Å². The average molecular weight is 314 g/mol. The van der Waals surface area contributed by atoms with Crippen molar-refractivity contribution < 1.29 is 4.79 Å². The molecule has 2 aromatic carbocycles. The van der Waals surface area contributed by atoms with E-state index in [1.54, 1.807) is 12.1 Å². The minimum atomic E-state index is -0.193. The van der Waals surface area contributed by atoms with Gasteiger partial charge in [-0.25, -0.2) is 0 Å². The molecule has 112 valence electrons. The Labute approximate surface area is 133 Å². The third-order valence-corrected chi connectivity index (χ3v) is 3.70. The lowest BCUT2D eigenvalue weighted by molar-refractivity contribution is 0.102. The molecule has 0 fully saturated rings. The number of amides is 1. The summed E-state index contributed by atoms with van der Waals surface area (Å²) < 4.78 is 0. The predicted molar refractivity (Wildman–Crippen MR) is 92.0 cm³/mol. The van der Waals surface area contributed by atoms with Crippen molar-refractivity contribution in [2.45, 2.75) is 0 Å². The van der Waals surface area contributed by atoms with Crippen molar-refractivity contribution in [1.82, 2.24) is 4.98 Å². The fraction of sp³-hybridized carbons (Fsp3) is 0.118. The molecule has 0 aliphatic heterocycles. The molecular formula is C17H16ClN3O. The first-order valence-corrected chi connectivity index (χ1v) is 7.28. The summed E-state index contributed by atoms with van der Waals surface area (Å²) in [4.78, 5) is 17.5. The van der Waals surface area contributed by atoms with Crippen molar-refractivity contribution in [2.75, 3.05) is 24.3 Å². The molecule has 0 bridgehead atoms. The lowest BCUT2D eigenvalue weighted by Crippen LogP contribution is -2.17. The number of nitrogens with zero attached hydrogens (tertiary/aromatic N) is 1. The number of fused-ring (bicyclic) bond motifs is 1. The van der Waals surface area contributed by atoms with Crippen molar-refractivity contribution in [1.29, 1.82) is 0 Å². The van der Waals surface area contributed by atoms with Crippen LogP contribution in [-0.2, 0) is 0 Å². The van der Waals surface area contributed by atoms with E-state index in [4.69, 9.17) is 11.6 Å². The lowest BCUT2D eigenvalue weighted by Gasteiger charge is -2.18. The molecule has 0 spiro atoms. The fourth-order valence-electron chi connectivity index (χ4n) is 2.38. The van der Waals surface area contributed by atoms with Gasteiger partial charge in [-0.3, -0.25) is 4.79 Å². The Morgan fingerprint density at radius 1 is 1.14 bits per heavy atom. The average Bonchev–Trinajstić information content (AvgIpc) is 2.91. The highest BCUT2D eigenvalue weighted by atomic mass is 35.5. The minimum absolute atomic E-state index is 0.193. The summed E-state index contributed by atoms with van der Waals surface area (Å²) in [5.74, 6) is -0.193. The number of carbonyl (C=O) groups excluding carboxylic acids is 1. The monoisotopic (exact) mass is 313 g/mol. The number of rotatable bonds is 3. The number of carbonyl (C=O) groups is 1. The minimum Gasteiger partial charge on any atom is -0.376 e. The first-order chi connectivity index (χ1) is 10.5. The maximum Gasteiger partial charge on any atom is 0.272 e. The standard InChI is InChI=1S/C17H16ClN3O/c1-21(2)16-8-7-12(18)10-14(16)20-17(22)15-9-11-5-3-4-6-13(11)19-15/h3-10,19H,1-2H3,(H,20,22). The number of benzene rings is 2. The number of hydrogen-bond donors (Lipinski definition) is 2. The van der Waals surface area contributed by atoms with Crippen molar-refractivity contribution >= 4 is 39.8 Å². The van der Waals surface area contributed by atoms with Gasteiger partial charge in [0.15, 0.2) is 0 Å². The second kappa shape index (κ2) is 5.73. The molecule has 1 heterocycles. The molecule has 3 rings (SSSR count). The Bertz CT molecular complexity index is 806. The summed E-state index contributed by atoms with van der Waals surface area (Å²) in [5, 5.41) is 4.50. The van der Waals surface area contributed by atoms with Gasteiger partial charge in [-0.05, 0) is 30.3 Å². The molecule has 5 heteroatoms. The number of anilines is 2. The second-order valence-corrected chi connectivity index (χ2v) is 5.72. The summed E-state index contributed by atoms with van der Waals surface area (Å²) in [6.45, 7) is 0. The summed E-state index contributed by atoms with van der Waals surface area (Å²) in [6, 6.07) is 15.0. The van der Waals surface area contributed by atoms with Crippen LogP contribution in [0.2, 0.25) is 5.02 Å². The summed E-state index contributed by atoms with van der Waals surface area (Å²) >= 11 is 6.04. The van der Waals surface area contributed by atoms with E-state index in [1.807, 2.05) is 55.4 Å². The summed E-state index contributed by atoms with van der Waals surface area (Å²) in [6.07, 6.45) is 0. The molecule has 0 aliphatic carbocycles. The molecule has 2 N–H and O–H groups in total. The quantitative estimate of drug-likeness (QED) is 0.763. The Kier molecular flexibility index (Phi) is 3.77. The number of nitrogens with one attached hydrogen (secondary N) is 2. The van der Waals surface area contributed by atoms with Gasteiger partial charge < -0.3 is 15.2 Å². The molecule has 1 amide bonds. The van der Waals surface area contributed by atoms with Crippen LogP contribution in [0.4, 0.5) is 11.4 Å². The molecule has 3 aromatic rings. The molecule has 0 radical (unpaired) electrons. The lowest BCUT2D eigenvalue weighted by atomic mass is 10.2. The van der Waals surface area contributed by atoms with Crippen molar-refractivity contribution in [3.8, 4) is 0 Å². The number of para-hydroxylation sites is 1. The van der Waals surface area contributed by atoms with Gasteiger partial charge >= 0.3 is 0 Å². The van der Waals surface area contributed by atoms with Gasteiger partial charge in [-0.2, -0.15) is 0 Å². The highest BCUT2D eigenvalue weighted by molar-refractivity contribution is 6.31. The molecule has 0 saturated heterocycles. The Hall–Kier alpha value is -2.46.